The second-order valence-electron chi connectivity index (χ2n) is 9.34. The summed E-state index contributed by atoms with van der Waals surface area (Å²) in [6, 6.07) is 21.7. The zero-order valence-electron chi connectivity index (χ0n) is 20.4. The number of anilines is 1. The summed E-state index contributed by atoms with van der Waals surface area (Å²) in [4.78, 5) is 37.3. The Morgan fingerprint density at radius 2 is 1.51 bits per heavy atom. The van der Waals surface area contributed by atoms with Gasteiger partial charge in [0.15, 0.2) is 0 Å². The molecule has 4 aromatic carbocycles. The van der Waals surface area contributed by atoms with E-state index in [4.69, 9.17) is 4.99 Å². The first-order chi connectivity index (χ1) is 16.8. The maximum absolute atomic E-state index is 13.8. The first kappa shape index (κ1) is 22.7. The molecule has 4 aromatic rings. The van der Waals surface area contributed by atoms with Crippen molar-refractivity contribution < 1.29 is 9.59 Å². The predicted molar refractivity (Wildman–Crippen MR) is 143 cm³/mol. The summed E-state index contributed by atoms with van der Waals surface area (Å²) in [6.07, 6.45) is 1.82. The van der Waals surface area contributed by atoms with Gasteiger partial charge in [0.05, 0.1) is 11.3 Å². The van der Waals surface area contributed by atoms with E-state index in [1.54, 1.807) is 0 Å². The molecule has 176 valence electrons. The van der Waals surface area contributed by atoms with Crippen LogP contribution in [0.25, 0.3) is 21.5 Å². The summed E-state index contributed by atoms with van der Waals surface area (Å²) in [5, 5.41) is 3.31. The van der Waals surface area contributed by atoms with Gasteiger partial charge in [0.1, 0.15) is 0 Å². The third-order valence-electron chi connectivity index (χ3n) is 6.45. The molecule has 5 rings (SSSR count). The molecule has 0 spiro atoms. The molecule has 0 saturated heterocycles. The van der Waals surface area contributed by atoms with Gasteiger partial charge in [0.25, 0.3) is 11.8 Å². The van der Waals surface area contributed by atoms with Gasteiger partial charge in [-0.05, 0) is 60.8 Å². The molecule has 35 heavy (non-hydrogen) atoms. The van der Waals surface area contributed by atoms with Crippen LogP contribution in [0.2, 0.25) is 0 Å². The van der Waals surface area contributed by atoms with Crippen LogP contribution in [0.4, 0.5) is 11.4 Å². The van der Waals surface area contributed by atoms with E-state index in [2.05, 4.69) is 0 Å². The zero-order valence-corrected chi connectivity index (χ0v) is 20.4. The highest BCUT2D eigenvalue weighted by molar-refractivity contribution is 6.31. The van der Waals surface area contributed by atoms with Crippen molar-refractivity contribution in [3.63, 3.8) is 0 Å². The first-order valence-electron chi connectivity index (χ1n) is 11.7. The van der Waals surface area contributed by atoms with E-state index in [1.807, 2.05) is 111 Å². The maximum Gasteiger partial charge on any atom is 0.262 e. The van der Waals surface area contributed by atoms with Crippen molar-refractivity contribution in [3.8, 4) is 0 Å². The van der Waals surface area contributed by atoms with Crippen LogP contribution in [0.1, 0.15) is 26.3 Å². The van der Waals surface area contributed by atoms with Crippen molar-refractivity contribution in [1.82, 2.24) is 9.80 Å². The van der Waals surface area contributed by atoms with Crippen molar-refractivity contribution >= 4 is 50.9 Å². The van der Waals surface area contributed by atoms with Crippen molar-refractivity contribution in [1.29, 1.82) is 0 Å². The Labute approximate surface area is 205 Å². The van der Waals surface area contributed by atoms with E-state index < -0.39 is 0 Å². The van der Waals surface area contributed by atoms with Crippen LogP contribution in [0, 0.1) is 0 Å². The summed E-state index contributed by atoms with van der Waals surface area (Å²) < 4.78 is 0. The lowest BCUT2D eigenvalue weighted by Crippen LogP contribution is -2.43. The van der Waals surface area contributed by atoms with Gasteiger partial charge in [0, 0.05) is 55.4 Å². The third-order valence-corrected chi connectivity index (χ3v) is 6.45. The van der Waals surface area contributed by atoms with E-state index >= 15 is 0 Å². The Hall–Kier alpha value is -4.03. The fourth-order valence-corrected chi connectivity index (χ4v) is 4.59. The summed E-state index contributed by atoms with van der Waals surface area (Å²) in [5.41, 5.74) is 3.92. The minimum Gasteiger partial charge on any atom is -0.378 e. The van der Waals surface area contributed by atoms with Crippen LogP contribution >= 0.6 is 0 Å². The number of hydrogen-bond acceptors (Lipinski definition) is 5. The number of nitrogens with zero attached hydrogens (tertiary/aromatic N) is 4. The minimum atomic E-state index is -0.260. The zero-order chi connectivity index (χ0) is 24.7. The molecule has 0 saturated carbocycles. The minimum absolute atomic E-state index is 0.240. The van der Waals surface area contributed by atoms with Gasteiger partial charge in [-0.1, -0.05) is 36.4 Å². The van der Waals surface area contributed by atoms with Gasteiger partial charge in [-0.3, -0.25) is 19.5 Å². The largest absolute Gasteiger partial charge is 0.378 e. The number of imide groups is 1. The fraction of sp³-hybridized carbons (Fsp3) is 0.207. The Balaban J connectivity index is 1.68. The molecule has 0 aliphatic carbocycles. The molecule has 1 heterocycles. The Kier molecular flexibility index (Phi) is 5.83. The van der Waals surface area contributed by atoms with E-state index in [-0.39, 0.29) is 11.8 Å². The Morgan fingerprint density at radius 3 is 2.20 bits per heavy atom. The van der Waals surface area contributed by atoms with Crippen LogP contribution in [0.3, 0.4) is 0 Å². The molecule has 0 radical (unpaired) electrons. The average Bonchev–Trinajstić information content (AvgIpc) is 2.84. The molecule has 6 heteroatoms. The van der Waals surface area contributed by atoms with Gasteiger partial charge in [0.2, 0.25) is 0 Å². The van der Waals surface area contributed by atoms with Gasteiger partial charge >= 0.3 is 0 Å². The number of aliphatic imine (C=N–C) groups is 1. The van der Waals surface area contributed by atoms with Crippen LogP contribution in [-0.2, 0) is 0 Å². The Morgan fingerprint density at radius 1 is 0.829 bits per heavy atom. The lowest BCUT2D eigenvalue weighted by Gasteiger charge is -2.29. The van der Waals surface area contributed by atoms with Crippen LogP contribution in [-0.4, -0.2) is 69.1 Å². The van der Waals surface area contributed by atoms with Crippen LogP contribution < -0.4 is 4.90 Å². The van der Waals surface area contributed by atoms with Gasteiger partial charge < -0.3 is 9.80 Å². The highest BCUT2D eigenvalue weighted by Gasteiger charge is 2.34. The van der Waals surface area contributed by atoms with Crippen molar-refractivity contribution in [2.24, 2.45) is 4.99 Å². The maximum atomic E-state index is 13.8. The first-order valence-corrected chi connectivity index (χ1v) is 11.7. The number of amides is 2. The highest BCUT2D eigenvalue weighted by Crippen LogP contribution is 2.39. The van der Waals surface area contributed by atoms with Crippen molar-refractivity contribution in [2.45, 2.75) is 0 Å². The number of fused-ring (bicyclic) bond motifs is 2. The average molecular weight is 465 g/mol. The summed E-state index contributed by atoms with van der Waals surface area (Å²) in [7, 11) is 7.88. The van der Waals surface area contributed by atoms with Crippen molar-refractivity contribution in [3.05, 3.63) is 83.4 Å². The third kappa shape index (κ3) is 4.06. The number of benzene rings is 4. The molecule has 0 bridgehead atoms. The molecular weight excluding hydrogens is 436 g/mol. The SMILES string of the molecule is CN(C)CCN1C(=O)c2cccc3cc4cccc(N=Cc5ccc(N(C)C)cc5)c4c(c23)C1=O. The monoisotopic (exact) mass is 464 g/mol. The van der Waals surface area contributed by atoms with Crippen LogP contribution in [0.15, 0.2) is 71.7 Å². The number of rotatable bonds is 6. The summed E-state index contributed by atoms with van der Waals surface area (Å²) in [6.45, 7) is 0.933. The van der Waals surface area contributed by atoms with E-state index in [9.17, 15) is 9.59 Å². The Bertz CT molecular complexity index is 1490. The number of carbonyl (C=O) groups excluding carboxylic acids is 2. The number of hydrogen-bond donors (Lipinski definition) is 0. The smallest absolute Gasteiger partial charge is 0.262 e. The van der Waals surface area contributed by atoms with E-state index in [0.29, 0.717) is 35.3 Å². The van der Waals surface area contributed by atoms with E-state index in [0.717, 1.165) is 27.4 Å². The molecular formula is C29H28N4O2. The predicted octanol–water partition coefficient (Wildman–Crippen LogP) is 4.97. The van der Waals surface area contributed by atoms with Gasteiger partial charge in [-0.25, -0.2) is 0 Å². The van der Waals surface area contributed by atoms with Crippen LogP contribution in [0.5, 0.6) is 0 Å². The number of likely N-dealkylation sites (N-methyl/N-ethyl adjacent to an activating group) is 1. The molecule has 0 aromatic heterocycles. The fourth-order valence-electron chi connectivity index (χ4n) is 4.59. The molecule has 6 nitrogen and oxygen atoms in total. The molecule has 1 aliphatic rings. The second-order valence-corrected chi connectivity index (χ2v) is 9.34. The second kappa shape index (κ2) is 8.96. The summed E-state index contributed by atoms with van der Waals surface area (Å²) in [5.74, 6) is -0.500. The topological polar surface area (TPSA) is 56.2 Å². The standard InChI is InChI=1S/C29H28N4O2/c1-31(2)15-16-33-28(34)23-9-5-7-20-17-21-8-6-10-24(26(21)27(25(20)23)29(33)35)30-18-19-11-13-22(14-12-19)32(3)4/h5-14,17-18H,15-16H2,1-4H3. The molecule has 0 unspecified atom stereocenters. The normalized spacial score (nSPS) is 13.6. The quantitative estimate of drug-likeness (QED) is 0.230. The molecule has 1 aliphatic heterocycles. The molecule has 0 N–H and O–H groups in total. The number of carbonyl (C=O) groups is 2. The summed E-state index contributed by atoms with van der Waals surface area (Å²) >= 11 is 0. The van der Waals surface area contributed by atoms with E-state index in [1.165, 1.54) is 4.90 Å². The van der Waals surface area contributed by atoms with Crippen molar-refractivity contribution in [2.75, 3.05) is 46.2 Å². The lowest BCUT2D eigenvalue weighted by molar-refractivity contribution is 0.0602. The molecule has 0 fully saturated rings. The van der Waals surface area contributed by atoms with Gasteiger partial charge in [-0.2, -0.15) is 0 Å². The lowest BCUT2D eigenvalue weighted by atomic mass is 9.89. The highest BCUT2D eigenvalue weighted by atomic mass is 16.2. The molecule has 0 atom stereocenters. The molecule has 2 amide bonds. The van der Waals surface area contributed by atoms with Gasteiger partial charge in [-0.15, -0.1) is 0 Å².